The van der Waals surface area contributed by atoms with Crippen LogP contribution in [0.2, 0.25) is 0 Å². The number of anilines is 2. The molecule has 0 aliphatic heterocycles. The van der Waals surface area contributed by atoms with Gasteiger partial charge in [0.25, 0.3) is 0 Å². The number of thiophene rings is 1. The van der Waals surface area contributed by atoms with Crippen molar-refractivity contribution in [1.82, 2.24) is 4.98 Å². The molecule has 130 valence electrons. The fourth-order valence-corrected chi connectivity index (χ4v) is 3.70. The maximum atomic E-state index is 9.07. The lowest BCUT2D eigenvalue weighted by Gasteiger charge is -2.24. The molecular weight excluding hydrogens is 328 g/mol. The Morgan fingerprint density at radius 3 is 2.52 bits per heavy atom. The zero-order valence-electron chi connectivity index (χ0n) is 15.0. The second-order valence-electron chi connectivity index (χ2n) is 6.16. The zero-order chi connectivity index (χ0) is 17.8. The van der Waals surface area contributed by atoms with Gasteiger partial charge < -0.3 is 10.0 Å². The number of aryl methyl sites for hydroxylation is 1. The van der Waals surface area contributed by atoms with Crippen LogP contribution in [0.5, 0.6) is 0 Å². The Kier molecular flexibility index (Phi) is 5.51. The molecule has 0 fully saturated rings. The molecule has 0 aliphatic rings. The van der Waals surface area contributed by atoms with Gasteiger partial charge in [-0.1, -0.05) is 19.1 Å². The second kappa shape index (κ2) is 7.81. The number of hydrogen-bond donors (Lipinski definition) is 1. The highest BCUT2D eigenvalue weighted by Crippen LogP contribution is 2.33. The number of rotatable bonds is 6. The van der Waals surface area contributed by atoms with Crippen molar-refractivity contribution in [2.45, 2.75) is 26.7 Å². The van der Waals surface area contributed by atoms with Crippen molar-refractivity contribution >= 4 is 22.7 Å². The van der Waals surface area contributed by atoms with Crippen molar-refractivity contribution in [3.05, 3.63) is 64.0 Å². The predicted octanol–water partition coefficient (Wildman–Crippen LogP) is 4.98. The van der Waals surface area contributed by atoms with Crippen LogP contribution in [0, 0.1) is 6.92 Å². The third-order valence-corrected chi connectivity index (χ3v) is 5.27. The molecule has 2 heterocycles. The summed E-state index contributed by atoms with van der Waals surface area (Å²) in [5.74, 6) is 0. The van der Waals surface area contributed by atoms with E-state index in [9.17, 15) is 0 Å². The molecule has 0 spiro atoms. The fourth-order valence-electron chi connectivity index (χ4n) is 3.05. The highest BCUT2D eigenvalue weighted by atomic mass is 32.1. The van der Waals surface area contributed by atoms with Crippen LogP contribution in [0.3, 0.4) is 0 Å². The summed E-state index contributed by atoms with van der Waals surface area (Å²) in [6.07, 6.45) is 1.61. The van der Waals surface area contributed by atoms with E-state index in [0.29, 0.717) is 6.42 Å². The summed E-state index contributed by atoms with van der Waals surface area (Å²) in [5.41, 5.74) is 8.04. The highest BCUT2D eigenvalue weighted by molar-refractivity contribution is 7.08. The third-order valence-electron chi connectivity index (χ3n) is 4.58. The van der Waals surface area contributed by atoms with Gasteiger partial charge in [0.15, 0.2) is 0 Å². The van der Waals surface area contributed by atoms with Crippen molar-refractivity contribution in [1.29, 1.82) is 0 Å². The Labute approximate surface area is 153 Å². The van der Waals surface area contributed by atoms with E-state index < -0.39 is 0 Å². The molecule has 0 radical (unpaired) electrons. The van der Waals surface area contributed by atoms with E-state index in [2.05, 4.69) is 73.0 Å². The van der Waals surface area contributed by atoms with E-state index in [1.165, 1.54) is 16.8 Å². The molecule has 0 atom stereocenters. The molecular formula is C21H24N2OS. The van der Waals surface area contributed by atoms with Crippen LogP contribution in [0.15, 0.2) is 47.2 Å². The molecule has 0 amide bonds. The zero-order valence-corrected chi connectivity index (χ0v) is 15.8. The summed E-state index contributed by atoms with van der Waals surface area (Å²) in [4.78, 5) is 7.08. The Hall–Kier alpha value is -2.17. The SMILES string of the molecule is CCc1nc(-c2ccsc2)cc(N(C)c2ccc(CCO)cc2)c1C. The molecule has 4 heteroatoms. The van der Waals surface area contributed by atoms with Gasteiger partial charge in [0.1, 0.15) is 0 Å². The van der Waals surface area contributed by atoms with Gasteiger partial charge in [-0.15, -0.1) is 0 Å². The molecule has 2 aromatic heterocycles. The lowest BCUT2D eigenvalue weighted by Crippen LogP contribution is -2.13. The van der Waals surface area contributed by atoms with Crippen LogP contribution in [-0.2, 0) is 12.8 Å². The quantitative estimate of drug-likeness (QED) is 0.679. The van der Waals surface area contributed by atoms with Gasteiger partial charge in [-0.05, 0) is 60.5 Å². The van der Waals surface area contributed by atoms with Gasteiger partial charge in [0.05, 0.1) is 5.69 Å². The summed E-state index contributed by atoms with van der Waals surface area (Å²) >= 11 is 1.69. The summed E-state index contributed by atoms with van der Waals surface area (Å²) in [6.45, 7) is 4.48. The maximum absolute atomic E-state index is 9.07. The minimum absolute atomic E-state index is 0.183. The molecule has 0 saturated heterocycles. The average Bonchev–Trinajstić information content (AvgIpc) is 3.17. The second-order valence-corrected chi connectivity index (χ2v) is 6.94. The summed E-state index contributed by atoms with van der Waals surface area (Å²) < 4.78 is 0. The molecule has 0 unspecified atom stereocenters. The number of aliphatic hydroxyl groups is 1. The molecule has 1 N–H and O–H groups in total. The summed E-state index contributed by atoms with van der Waals surface area (Å²) in [5, 5.41) is 13.3. The van der Waals surface area contributed by atoms with Crippen molar-refractivity contribution < 1.29 is 5.11 Å². The monoisotopic (exact) mass is 352 g/mol. The van der Waals surface area contributed by atoms with E-state index in [0.717, 1.165) is 29.1 Å². The van der Waals surface area contributed by atoms with Crippen molar-refractivity contribution in [2.75, 3.05) is 18.6 Å². The van der Waals surface area contributed by atoms with Crippen molar-refractivity contribution in [3.8, 4) is 11.3 Å². The molecule has 25 heavy (non-hydrogen) atoms. The normalized spacial score (nSPS) is 10.9. The van der Waals surface area contributed by atoms with Gasteiger partial charge in [0, 0.05) is 41.7 Å². The van der Waals surface area contributed by atoms with Gasteiger partial charge in [0.2, 0.25) is 0 Å². The molecule has 3 nitrogen and oxygen atoms in total. The summed E-state index contributed by atoms with van der Waals surface area (Å²) in [7, 11) is 2.10. The maximum Gasteiger partial charge on any atom is 0.0734 e. The largest absolute Gasteiger partial charge is 0.396 e. The van der Waals surface area contributed by atoms with Crippen LogP contribution in [0.1, 0.15) is 23.7 Å². The number of pyridine rings is 1. The average molecular weight is 353 g/mol. The van der Waals surface area contributed by atoms with Crippen LogP contribution < -0.4 is 4.90 Å². The van der Waals surface area contributed by atoms with Crippen molar-refractivity contribution in [2.24, 2.45) is 0 Å². The van der Waals surface area contributed by atoms with Gasteiger partial charge in [-0.2, -0.15) is 11.3 Å². The first kappa shape index (κ1) is 17.6. The number of hydrogen-bond acceptors (Lipinski definition) is 4. The predicted molar refractivity (Wildman–Crippen MR) is 107 cm³/mol. The molecule has 0 aliphatic carbocycles. The van der Waals surface area contributed by atoms with Crippen LogP contribution >= 0.6 is 11.3 Å². The lowest BCUT2D eigenvalue weighted by molar-refractivity contribution is 0.299. The van der Waals surface area contributed by atoms with E-state index >= 15 is 0 Å². The molecule has 3 aromatic rings. The lowest BCUT2D eigenvalue weighted by atomic mass is 10.1. The van der Waals surface area contributed by atoms with Gasteiger partial charge in [-0.3, -0.25) is 4.98 Å². The van der Waals surface area contributed by atoms with E-state index in [4.69, 9.17) is 10.1 Å². The van der Waals surface area contributed by atoms with Crippen LogP contribution in [-0.4, -0.2) is 23.7 Å². The number of nitrogens with zero attached hydrogens (tertiary/aromatic N) is 2. The Bertz CT molecular complexity index is 826. The molecule has 1 aromatic carbocycles. The van der Waals surface area contributed by atoms with E-state index in [1.807, 2.05) is 0 Å². The van der Waals surface area contributed by atoms with Crippen LogP contribution in [0.4, 0.5) is 11.4 Å². The molecule has 3 rings (SSSR count). The minimum atomic E-state index is 0.183. The topological polar surface area (TPSA) is 36.4 Å². The Morgan fingerprint density at radius 1 is 1.16 bits per heavy atom. The van der Waals surface area contributed by atoms with Crippen molar-refractivity contribution in [3.63, 3.8) is 0 Å². The summed E-state index contributed by atoms with van der Waals surface area (Å²) in [6, 6.07) is 12.7. The van der Waals surface area contributed by atoms with Gasteiger partial charge in [-0.25, -0.2) is 0 Å². The number of aromatic nitrogens is 1. The molecule has 0 bridgehead atoms. The smallest absolute Gasteiger partial charge is 0.0734 e. The van der Waals surface area contributed by atoms with E-state index in [-0.39, 0.29) is 6.61 Å². The number of aliphatic hydroxyl groups excluding tert-OH is 1. The standard InChI is InChI=1S/C21H24N2OS/c1-4-19-15(2)21(13-20(22-19)17-10-12-25-14-17)23(3)18-7-5-16(6-8-18)9-11-24/h5-8,10,12-14,24H,4,9,11H2,1-3H3. The first-order valence-corrected chi connectivity index (χ1v) is 9.55. The first-order chi connectivity index (χ1) is 12.1. The Morgan fingerprint density at radius 2 is 1.92 bits per heavy atom. The van der Waals surface area contributed by atoms with Crippen LogP contribution in [0.25, 0.3) is 11.3 Å². The van der Waals surface area contributed by atoms with Gasteiger partial charge >= 0.3 is 0 Å². The third kappa shape index (κ3) is 3.75. The molecule has 0 saturated carbocycles. The first-order valence-electron chi connectivity index (χ1n) is 8.60. The van der Waals surface area contributed by atoms with E-state index in [1.54, 1.807) is 11.3 Å². The highest BCUT2D eigenvalue weighted by Gasteiger charge is 2.14. The fraction of sp³-hybridized carbons (Fsp3) is 0.286. The Balaban J connectivity index is 2.01. The minimum Gasteiger partial charge on any atom is -0.396 e. The number of benzene rings is 1.